The third kappa shape index (κ3) is 3.24. The quantitative estimate of drug-likeness (QED) is 0.871. The first-order chi connectivity index (χ1) is 8.83. The largest absolute Gasteiger partial charge is 0.497 e. The molecule has 0 amide bonds. The molecule has 18 heavy (non-hydrogen) atoms. The molecule has 1 aromatic heterocycles. The van der Waals surface area contributed by atoms with Gasteiger partial charge in [-0.15, -0.1) is 0 Å². The van der Waals surface area contributed by atoms with E-state index < -0.39 is 0 Å². The monoisotopic (exact) mass is 263 g/mol. The van der Waals surface area contributed by atoms with Gasteiger partial charge < -0.3 is 15.2 Å². The van der Waals surface area contributed by atoms with Crippen molar-refractivity contribution >= 4 is 11.3 Å². The van der Waals surface area contributed by atoms with Crippen LogP contribution in [0.15, 0.2) is 35.0 Å². The van der Waals surface area contributed by atoms with Gasteiger partial charge in [-0.25, -0.2) is 0 Å². The maximum absolute atomic E-state index is 5.79. The molecule has 3 nitrogen and oxygen atoms in total. The summed E-state index contributed by atoms with van der Waals surface area (Å²) in [5.41, 5.74) is 7.99. The van der Waals surface area contributed by atoms with E-state index in [1.165, 1.54) is 5.56 Å². The Hall–Kier alpha value is -1.52. The molecule has 2 aromatic rings. The topological polar surface area (TPSA) is 44.5 Å². The number of benzene rings is 1. The van der Waals surface area contributed by atoms with Crippen LogP contribution in [0.1, 0.15) is 11.1 Å². The lowest BCUT2D eigenvalue weighted by Gasteiger charge is -2.11. The summed E-state index contributed by atoms with van der Waals surface area (Å²) in [6.07, 6.45) is 0.907. The Morgan fingerprint density at radius 2 is 2.17 bits per heavy atom. The summed E-state index contributed by atoms with van der Waals surface area (Å²) in [6.45, 7) is 1.12. The van der Waals surface area contributed by atoms with Crippen LogP contribution in [-0.2, 0) is 13.0 Å². The first kappa shape index (κ1) is 12.9. The van der Waals surface area contributed by atoms with Gasteiger partial charge in [-0.05, 0) is 28.5 Å². The molecule has 0 atom stereocenters. The number of thiophene rings is 1. The number of nitrogens with two attached hydrogens (primary N) is 1. The minimum Gasteiger partial charge on any atom is -0.497 e. The first-order valence-corrected chi connectivity index (χ1v) is 6.78. The normalized spacial score (nSPS) is 10.3. The van der Waals surface area contributed by atoms with Gasteiger partial charge in [0.25, 0.3) is 0 Å². The van der Waals surface area contributed by atoms with Crippen LogP contribution in [0.25, 0.3) is 0 Å². The number of methoxy groups -OCH3 is 1. The Morgan fingerprint density at radius 3 is 2.83 bits per heavy atom. The molecule has 4 heteroatoms. The van der Waals surface area contributed by atoms with Crippen molar-refractivity contribution in [1.82, 2.24) is 0 Å². The molecule has 0 radical (unpaired) electrons. The van der Waals surface area contributed by atoms with E-state index >= 15 is 0 Å². The standard InChI is InChI=1S/C14H17NO2S/c1-16-13-3-2-12(9-15)14(8-13)17-6-4-11-5-7-18-10-11/h2-3,5,7-8,10H,4,6,9,15H2,1H3. The zero-order valence-corrected chi connectivity index (χ0v) is 11.2. The minimum atomic E-state index is 0.470. The van der Waals surface area contributed by atoms with Crippen molar-refractivity contribution in [2.75, 3.05) is 13.7 Å². The first-order valence-electron chi connectivity index (χ1n) is 5.84. The highest BCUT2D eigenvalue weighted by molar-refractivity contribution is 7.07. The second-order valence-electron chi connectivity index (χ2n) is 3.91. The number of rotatable bonds is 6. The van der Waals surface area contributed by atoms with Gasteiger partial charge in [0.15, 0.2) is 0 Å². The highest BCUT2D eigenvalue weighted by Crippen LogP contribution is 2.24. The highest BCUT2D eigenvalue weighted by Gasteiger charge is 2.04. The van der Waals surface area contributed by atoms with Gasteiger partial charge >= 0.3 is 0 Å². The van der Waals surface area contributed by atoms with Crippen LogP contribution < -0.4 is 15.2 Å². The summed E-state index contributed by atoms with van der Waals surface area (Å²) >= 11 is 1.70. The second kappa shape index (κ2) is 6.42. The summed E-state index contributed by atoms with van der Waals surface area (Å²) in [5.74, 6) is 1.60. The number of hydrogen-bond acceptors (Lipinski definition) is 4. The number of hydrogen-bond donors (Lipinski definition) is 1. The lowest BCUT2D eigenvalue weighted by Crippen LogP contribution is -2.05. The molecular formula is C14H17NO2S. The van der Waals surface area contributed by atoms with Gasteiger partial charge in [-0.1, -0.05) is 6.07 Å². The Bertz CT molecular complexity index is 483. The molecule has 0 spiro atoms. The van der Waals surface area contributed by atoms with Crippen LogP contribution in [0.5, 0.6) is 11.5 Å². The van der Waals surface area contributed by atoms with Crippen molar-refractivity contribution in [3.8, 4) is 11.5 Å². The van der Waals surface area contributed by atoms with E-state index in [9.17, 15) is 0 Å². The molecule has 0 saturated heterocycles. The average molecular weight is 263 g/mol. The molecular weight excluding hydrogens is 246 g/mol. The van der Waals surface area contributed by atoms with Gasteiger partial charge in [0.2, 0.25) is 0 Å². The Morgan fingerprint density at radius 1 is 1.28 bits per heavy atom. The molecule has 0 bridgehead atoms. The van der Waals surface area contributed by atoms with Gasteiger partial charge in [0.1, 0.15) is 11.5 Å². The molecule has 0 fully saturated rings. The van der Waals surface area contributed by atoms with Crippen molar-refractivity contribution in [3.05, 3.63) is 46.2 Å². The molecule has 96 valence electrons. The van der Waals surface area contributed by atoms with Crippen LogP contribution >= 0.6 is 11.3 Å². The lowest BCUT2D eigenvalue weighted by molar-refractivity contribution is 0.316. The van der Waals surface area contributed by atoms with Crippen molar-refractivity contribution in [3.63, 3.8) is 0 Å². The summed E-state index contributed by atoms with van der Waals surface area (Å²) in [6, 6.07) is 7.84. The molecule has 2 rings (SSSR count). The van der Waals surface area contributed by atoms with E-state index in [4.69, 9.17) is 15.2 Å². The third-order valence-electron chi connectivity index (χ3n) is 2.72. The summed E-state index contributed by atoms with van der Waals surface area (Å²) in [7, 11) is 1.65. The highest BCUT2D eigenvalue weighted by atomic mass is 32.1. The Labute approximate surface area is 111 Å². The fraction of sp³-hybridized carbons (Fsp3) is 0.286. The van der Waals surface area contributed by atoms with Crippen LogP contribution in [-0.4, -0.2) is 13.7 Å². The predicted octanol–water partition coefficient (Wildman–Crippen LogP) is 2.84. The SMILES string of the molecule is COc1ccc(CN)c(OCCc2ccsc2)c1. The predicted molar refractivity (Wildman–Crippen MR) is 74.4 cm³/mol. The van der Waals surface area contributed by atoms with Crippen molar-refractivity contribution in [2.45, 2.75) is 13.0 Å². The summed E-state index contributed by atoms with van der Waals surface area (Å²) < 4.78 is 11.0. The van der Waals surface area contributed by atoms with Gasteiger partial charge in [-0.2, -0.15) is 11.3 Å². The molecule has 2 N–H and O–H groups in total. The van der Waals surface area contributed by atoms with Crippen LogP contribution in [0.4, 0.5) is 0 Å². The summed E-state index contributed by atoms with van der Waals surface area (Å²) in [5, 5.41) is 4.21. The zero-order chi connectivity index (χ0) is 12.8. The van der Waals surface area contributed by atoms with Crippen molar-refractivity contribution in [1.29, 1.82) is 0 Å². The molecule has 0 unspecified atom stereocenters. The second-order valence-corrected chi connectivity index (χ2v) is 4.69. The molecule has 0 aliphatic rings. The third-order valence-corrected chi connectivity index (χ3v) is 3.45. The fourth-order valence-electron chi connectivity index (χ4n) is 1.68. The minimum absolute atomic E-state index is 0.470. The van der Waals surface area contributed by atoms with E-state index in [0.29, 0.717) is 13.2 Å². The van der Waals surface area contributed by atoms with Crippen molar-refractivity contribution < 1.29 is 9.47 Å². The Kier molecular flexibility index (Phi) is 4.61. The van der Waals surface area contributed by atoms with E-state index in [1.807, 2.05) is 18.2 Å². The molecule has 1 heterocycles. The molecule has 0 aliphatic carbocycles. The maximum atomic E-state index is 5.79. The van der Waals surface area contributed by atoms with E-state index in [0.717, 1.165) is 23.5 Å². The molecule has 0 saturated carbocycles. The average Bonchev–Trinajstić information content (AvgIpc) is 2.92. The van der Waals surface area contributed by atoms with Crippen LogP contribution in [0.2, 0.25) is 0 Å². The van der Waals surface area contributed by atoms with Crippen molar-refractivity contribution in [2.24, 2.45) is 5.73 Å². The van der Waals surface area contributed by atoms with Gasteiger partial charge in [0, 0.05) is 24.6 Å². The zero-order valence-electron chi connectivity index (χ0n) is 10.4. The van der Waals surface area contributed by atoms with E-state index in [-0.39, 0.29) is 0 Å². The molecule has 1 aromatic carbocycles. The van der Waals surface area contributed by atoms with E-state index in [1.54, 1.807) is 18.4 Å². The number of ether oxygens (including phenoxy) is 2. The van der Waals surface area contributed by atoms with Crippen LogP contribution in [0, 0.1) is 0 Å². The van der Waals surface area contributed by atoms with Gasteiger partial charge in [0.05, 0.1) is 13.7 Å². The van der Waals surface area contributed by atoms with Gasteiger partial charge in [-0.3, -0.25) is 0 Å². The van der Waals surface area contributed by atoms with Crippen LogP contribution in [0.3, 0.4) is 0 Å². The smallest absolute Gasteiger partial charge is 0.127 e. The fourth-order valence-corrected chi connectivity index (χ4v) is 2.38. The summed E-state index contributed by atoms with van der Waals surface area (Å²) in [4.78, 5) is 0. The molecule has 0 aliphatic heterocycles. The Balaban J connectivity index is 1.98. The maximum Gasteiger partial charge on any atom is 0.127 e. The lowest BCUT2D eigenvalue weighted by atomic mass is 10.2. The van der Waals surface area contributed by atoms with E-state index in [2.05, 4.69) is 16.8 Å².